The van der Waals surface area contributed by atoms with Crippen LogP contribution in [-0.4, -0.2) is 54.2 Å². The average molecular weight is 320 g/mol. The molecule has 0 aromatic heterocycles. The summed E-state index contributed by atoms with van der Waals surface area (Å²) in [6.07, 6.45) is 0. The van der Waals surface area contributed by atoms with Crippen LogP contribution in [0.5, 0.6) is 0 Å². The largest absolute Gasteiger partial charge is 0.340 e. The zero-order chi connectivity index (χ0) is 17.2. The van der Waals surface area contributed by atoms with Crippen molar-refractivity contribution >= 4 is 11.7 Å². The molecule has 2 rings (SSSR count). The number of aryl methyl sites for hydroxylation is 1. The summed E-state index contributed by atoms with van der Waals surface area (Å²) in [6.45, 7) is 10.4. The Balaban J connectivity index is 1.90. The van der Waals surface area contributed by atoms with Crippen LogP contribution in [0.2, 0.25) is 0 Å². The number of amides is 1. The number of hydrogen-bond donors (Lipinski definition) is 0. The predicted octanol–water partition coefficient (Wildman–Crippen LogP) is 2.51. The minimum absolute atomic E-state index is 0.0105. The fraction of sp³-hybridized carbons (Fsp3) is 0.556. The molecule has 5 heteroatoms. The molecular formula is C18H25FN2O2. The van der Waals surface area contributed by atoms with Gasteiger partial charge in [0.25, 0.3) is 0 Å². The summed E-state index contributed by atoms with van der Waals surface area (Å²) in [7, 11) is 0. The minimum atomic E-state index is -0.371. The fourth-order valence-corrected chi connectivity index (χ4v) is 2.70. The highest BCUT2D eigenvalue weighted by Crippen LogP contribution is 2.19. The van der Waals surface area contributed by atoms with Gasteiger partial charge in [-0.15, -0.1) is 0 Å². The number of nitrogens with zero attached hydrogens (tertiary/aromatic N) is 2. The molecular weight excluding hydrogens is 295 g/mol. The third-order valence-corrected chi connectivity index (χ3v) is 4.15. The second-order valence-electron chi connectivity index (χ2n) is 7.21. The van der Waals surface area contributed by atoms with E-state index in [0.717, 1.165) is 0 Å². The molecule has 1 saturated heterocycles. The minimum Gasteiger partial charge on any atom is -0.340 e. The monoisotopic (exact) mass is 320 g/mol. The van der Waals surface area contributed by atoms with Crippen molar-refractivity contribution in [2.75, 3.05) is 32.7 Å². The van der Waals surface area contributed by atoms with Crippen molar-refractivity contribution in [1.82, 2.24) is 9.80 Å². The number of ketones is 1. The molecule has 126 valence electrons. The molecule has 0 radical (unpaired) electrons. The van der Waals surface area contributed by atoms with E-state index in [-0.39, 0.29) is 22.9 Å². The van der Waals surface area contributed by atoms with Crippen LogP contribution in [0.3, 0.4) is 0 Å². The Hall–Kier alpha value is -1.75. The van der Waals surface area contributed by atoms with Crippen LogP contribution < -0.4 is 0 Å². The molecule has 0 spiro atoms. The van der Waals surface area contributed by atoms with Gasteiger partial charge in [-0.1, -0.05) is 20.8 Å². The lowest BCUT2D eigenvalue weighted by Gasteiger charge is -2.37. The quantitative estimate of drug-likeness (QED) is 0.804. The number of carbonyl (C=O) groups is 2. The van der Waals surface area contributed by atoms with E-state index in [1.807, 2.05) is 30.6 Å². The van der Waals surface area contributed by atoms with Crippen LogP contribution in [0, 0.1) is 18.2 Å². The van der Waals surface area contributed by atoms with Crippen molar-refractivity contribution < 1.29 is 14.0 Å². The van der Waals surface area contributed by atoms with E-state index >= 15 is 0 Å². The summed E-state index contributed by atoms with van der Waals surface area (Å²) < 4.78 is 13.3. The highest BCUT2D eigenvalue weighted by molar-refractivity contribution is 5.97. The van der Waals surface area contributed by atoms with E-state index in [2.05, 4.69) is 0 Å². The first-order chi connectivity index (χ1) is 10.7. The summed E-state index contributed by atoms with van der Waals surface area (Å²) >= 11 is 0. The van der Waals surface area contributed by atoms with E-state index < -0.39 is 0 Å². The Kier molecular flexibility index (Phi) is 5.19. The third-order valence-electron chi connectivity index (χ3n) is 4.15. The van der Waals surface area contributed by atoms with Gasteiger partial charge >= 0.3 is 0 Å². The summed E-state index contributed by atoms with van der Waals surface area (Å²) in [4.78, 5) is 28.5. The summed E-state index contributed by atoms with van der Waals surface area (Å²) in [5, 5.41) is 0. The molecule has 0 unspecified atom stereocenters. The number of benzene rings is 1. The molecule has 1 aliphatic heterocycles. The number of halogens is 1. The maximum absolute atomic E-state index is 13.3. The van der Waals surface area contributed by atoms with Gasteiger partial charge in [-0.25, -0.2) is 4.39 Å². The molecule has 0 bridgehead atoms. The number of Topliss-reactive ketones (excluding diaryl/α,β-unsaturated/α-hetero) is 1. The van der Waals surface area contributed by atoms with Crippen molar-refractivity contribution in [2.45, 2.75) is 27.7 Å². The maximum Gasteiger partial charge on any atom is 0.228 e. The lowest BCUT2D eigenvalue weighted by Crippen LogP contribution is -2.52. The zero-order valence-corrected chi connectivity index (χ0v) is 14.4. The summed E-state index contributed by atoms with van der Waals surface area (Å²) in [5.74, 6) is -0.155. The van der Waals surface area contributed by atoms with Crippen molar-refractivity contribution in [3.05, 3.63) is 35.1 Å². The summed E-state index contributed by atoms with van der Waals surface area (Å²) in [5.41, 5.74) is 0.650. The lowest BCUT2D eigenvalue weighted by atomic mass is 9.94. The highest BCUT2D eigenvalue weighted by atomic mass is 19.1. The molecule has 23 heavy (non-hydrogen) atoms. The second-order valence-corrected chi connectivity index (χ2v) is 7.21. The third kappa shape index (κ3) is 4.38. The van der Waals surface area contributed by atoms with Gasteiger partial charge in [0.2, 0.25) is 5.91 Å². The smallest absolute Gasteiger partial charge is 0.228 e. The van der Waals surface area contributed by atoms with Crippen molar-refractivity contribution in [3.63, 3.8) is 0 Å². The van der Waals surface area contributed by atoms with Gasteiger partial charge in [0.05, 0.1) is 6.54 Å². The van der Waals surface area contributed by atoms with Gasteiger partial charge in [0, 0.05) is 37.2 Å². The molecule has 0 aliphatic carbocycles. The Morgan fingerprint density at radius 1 is 1.13 bits per heavy atom. The molecule has 1 aliphatic rings. The molecule has 0 atom stereocenters. The van der Waals surface area contributed by atoms with Crippen molar-refractivity contribution in [2.24, 2.45) is 5.41 Å². The number of rotatable bonds is 3. The molecule has 0 N–H and O–H groups in total. The molecule has 4 nitrogen and oxygen atoms in total. The molecule has 1 fully saturated rings. The normalized spacial score (nSPS) is 16.5. The Morgan fingerprint density at radius 3 is 2.26 bits per heavy atom. The van der Waals surface area contributed by atoms with Crippen LogP contribution in [0.4, 0.5) is 4.39 Å². The SMILES string of the molecule is Cc1cc(C(=O)CN2CCN(C(=O)C(C)(C)C)CC2)ccc1F. The highest BCUT2D eigenvalue weighted by Gasteiger charge is 2.30. The van der Waals surface area contributed by atoms with Crippen LogP contribution in [0.25, 0.3) is 0 Å². The number of piperazine rings is 1. The summed E-state index contributed by atoms with van der Waals surface area (Å²) in [6, 6.07) is 4.46. The lowest BCUT2D eigenvalue weighted by molar-refractivity contribution is -0.141. The molecule has 1 amide bonds. The van der Waals surface area contributed by atoms with E-state index in [1.165, 1.54) is 12.1 Å². The van der Waals surface area contributed by atoms with Gasteiger partial charge in [-0.2, -0.15) is 0 Å². The van der Waals surface area contributed by atoms with Gasteiger partial charge in [0.15, 0.2) is 5.78 Å². The first-order valence-electron chi connectivity index (χ1n) is 7.99. The van der Waals surface area contributed by atoms with Gasteiger partial charge < -0.3 is 4.90 Å². The van der Waals surface area contributed by atoms with Crippen LogP contribution >= 0.6 is 0 Å². The standard InChI is InChI=1S/C18H25FN2O2/c1-13-11-14(5-6-15(13)19)16(22)12-20-7-9-21(10-8-20)17(23)18(2,3)4/h5-6,11H,7-10,12H2,1-4H3. The predicted molar refractivity (Wildman–Crippen MR) is 87.9 cm³/mol. The molecule has 0 saturated carbocycles. The number of carbonyl (C=O) groups excluding carboxylic acids is 2. The van der Waals surface area contributed by atoms with E-state index in [4.69, 9.17) is 0 Å². The van der Waals surface area contributed by atoms with Gasteiger partial charge in [-0.05, 0) is 30.7 Å². The zero-order valence-electron chi connectivity index (χ0n) is 14.4. The number of hydrogen-bond acceptors (Lipinski definition) is 3. The first kappa shape index (κ1) is 17.6. The fourth-order valence-electron chi connectivity index (χ4n) is 2.70. The average Bonchev–Trinajstić information content (AvgIpc) is 2.49. The van der Waals surface area contributed by atoms with Crippen LogP contribution in [0.1, 0.15) is 36.7 Å². The topological polar surface area (TPSA) is 40.6 Å². The van der Waals surface area contributed by atoms with Crippen LogP contribution in [-0.2, 0) is 4.79 Å². The van der Waals surface area contributed by atoms with Gasteiger partial charge in [-0.3, -0.25) is 14.5 Å². The van der Waals surface area contributed by atoms with E-state index in [1.54, 1.807) is 13.0 Å². The Bertz CT molecular complexity index is 600. The Labute approximate surface area is 137 Å². The van der Waals surface area contributed by atoms with Crippen LogP contribution in [0.15, 0.2) is 18.2 Å². The van der Waals surface area contributed by atoms with E-state index in [0.29, 0.717) is 43.9 Å². The van der Waals surface area contributed by atoms with Crippen molar-refractivity contribution in [1.29, 1.82) is 0 Å². The van der Waals surface area contributed by atoms with Crippen molar-refractivity contribution in [3.8, 4) is 0 Å². The Morgan fingerprint density at radius 2 is 1.74 bits per heavy atom. The molecule has 1 aromatic rings. The molecule has 1 heterocycles. The maximum atomic E-state index is 13.3. The second kappa shape index (κ2) is 6.79. The first-order valence-corrected chi connectivity index (χ1v) is 7.99. The van der Waals surface area contributed by atoms with Gasteiger partial charge in [0.1, 0.15) is 5.82 Å². The molecule has 1 aromatic carbocycles. The van der Waals surface area contributed by atoms with E-state index in [9.17, 15) is 14.0 Å².